The first-order valence-corrected chi connectivity index (χ1v) is 11.2. The zero-order chi connectivity index (χ0) is 22.5. The van der Waals surface area contributed by atoms with Crippen molar-refractivity contribution in [1.29, 1.82) is 0 Å². The van der Waals surface area contributed by atoms with E-state index in [1.165, 1.54) is 16.2 Å². The van der Waals surface area contributed by atoms with Crippen molar-refractivity contribution in [1.82, 2.24) is 24.1 Å². The lowest BCUT2D eigenvalue weighted by Crippen LogP contribution is -2.02. The van der Waals surface area contributed by atoms with Gasteiger partial charge >= 0.3 is 0 Å². The topological polar surface area (TPSA) is 48.5 Å². The predicted molar refractivity (Wildman–Crippen MR) is 136 cm³/mol. The molecule has 0 unspecified atom stereocenters. The Morgan fingerprint density at radius 1 is 0.647 bits per heavy atom. The van der Waals surface area contributed by atoms with E-state index in [4.69, 9.17) is 4.98 Å². The van der Waals surface area contributed by atoms with Crippen LogP contribution in [0.5, 0.6) is 0 Å². The van der Waals surface area contributed by atoms with Crippen LogP contribution in [0.3, 0.4) is 0 Å². The highest BCUT2D eigenvalue weighted by Crippen LogP contribution is 2.37. The Kier molecular flexibility index (Phi) is 4.08. The lowest BCUT2D eigenvalue weighted by atomic mass is 10.1. The summed E-state index contributed by atoms with van der Waals surface area (Å²) in [5.41, 5.74) is 5.41. The number of para-hydroxylation sites is 2. The van der Waals surface area contributed by atoms with Crippen molar-refractivity contribution in [3.8, 4) is 22.9 Å². The van der Waals surface area contributed by atoms with Crippen molar-refractivity contribution in [3.63, 3.8) is 0 Å². The Morgan fingerprint density at radius 3 is 2.41 bits per heavy atom. The van der Waals surface area contributed by atoms with Crippen LogP contribution < -0.4 is 0 Å². The number of fused-ring (bicyclic) bond motifs is 5. The van der Waals surface area contributed by atoms with Gasteiger partial charge in [0.1, 0.15) is 5.82 Å². The van der Waals surface area contributed by atoms with Gasteiger partial charge in [-0.25, -0.2) is 9.97 Å². The van der Waals surface area contributed by atoms with Crippen molar-refractivity contribution >= 4 is 32.7 Å². The van der Waals surface area contributed by atoms with Gasteiger partial charge in [-0.1, -0.05) is 48.5 Å². The molecule has 4 aromatic heterocycles. The van der Waals surface area contributed by atoms with Crippen LogP contribution in [0.15, 0.2) is 116 Å². The SMILES string of the molecule is c1ccc(-n2ccc3ccc4c5ccccc5n(-c5ccnc(-c6cccnc6)n5)c4c32)cc1. The summed E-state index contributed by atoms with van der Waals surface area (Å²) in [5, 5.41) is 3.57. The van der Waals surface area contributed by atoms with E-state index in [0.29, 0.717) is 5.82 Å². The minimum atomic E-state index is 0.655. The van der Waals surface area contributed by atoms with Crippen LogP contribution >= 0.6 is 0 Å². The minimum Gasteiger partial charge on any atom is -0.315 e. The van der Waals surface area contributed by atoms with Gasteiger partial charge in [-0.3, -0.25) is 9.55 Å². The summed E-state index contributed by atoms with van der Waals surface area (Å²) in [5.74, 6) is 1.48. The van der Waals surface area contributed by atoms with Crippen LogP contribution in [-0.4, -0.2) is 24.1 Å². The molecule has 0 amide bonds. The zero-order valence-electron chi connectivity index (χ0n) is 18.2. The fourth-order valence-electron chi connectivity index (χ4n) is 4.82. The molecule has 0 aliphatic heterocycles. The summed E-state index contributed by atoms with van der Waals surface area (Å²) in [4.78, 5) is 13.8. The van der Waals surface area contributed by atoms with E-state index in [2.05, 4.69) is 92.0 Å². The lowest BCUT2D eigenvalue weighted by Gasteiger charge is -2.11. The highest BCUT2D eigenvalue weighted by molar-refractivity contribution is 6.18. The lowest BCUT2D eigenvalue weighted by molar-refractivity contribution is 1.04. The molecular weight excluding hydrogens is 418 g/mol. The van der Waals surface area contributed by atoms with Crippen molar-refractivity contribution < 1.29 is 0 Å². The Bertz CT molecular complexity index is 1800. The Hall–Kier alpha value is -4.77. The molecule has 0 radical (unpaired) electrons. The van der Waals surface area contributed by atoms with Gasteiger partial charge in [0.2, 0.25) is 0 Å². The third kappa shape index (κ3) is 2.77. The second-order valence-electron chi connectivity index (χ2n) is 8.25. The number of benzene rings is 3. The molecule has 4 heterocycles. The van der Waals surface area contributed by atoms with Gasteiger partial charge in [-0.2, -0.15) is 0 Å². The predicted octanol–water partition coefficient (Wildman–Crippen LogP) is 6.58. The summed E-state index contributed by atoms with van der Waals surface area (Å²) in [7, 11) is 0. The Labute approximate surface area is 195 Å². The molecule has 7 aromatic rings. The fourth-order valence-corrected chi connectivity index (χ4v) is 4.82. The summed E-state index contributed by atoms with van der Waals surface area (Å²) < 4.78 is 4.52. The molecule has 34 heavy (non-hydrogen) atoms. The number of nitrogens with zero attached hydrogens (tertiary/aromatic N) is 5. The largest absolute Gasteiger partial charge is 0.315 e. The molecule has 0 aliphatic rings. The standard InChI is InChI=1S/C29H19N5/c1-2-8-22(9-3-1)33-18-15-20-12-13-24-23-10-4-5-11-25(23)34(28(24)27(20)33)26-14-17-31-29(32-26)21-7-6-16-30-19-21/h1-19H. The average Bonchev–Trinajstić information content (AvgIpc) is 3.49. The third-order valence-corrected chi connectivity index (χ3v) is 6.31. The van der Waals surface area contributed by atoms with Gasteiger partial charge in [0.25, 0.3) is 0 Å². The molecule has 0 saturated carbocycles. The van der Waals surface area contributed by atoms with Gasteiger partial charge < -0.3 is 4.57 Å². The van der Waals surface area contributed by atoms with Crippen molar-refractivity contribution in [3.05, 3.63) is 116 Å². The van der Waals surface area contributed by atoms with Crippen LogP contribution in [0.25, 0.3) is 55.6 Å². The van der Waals surface area contributed by atoms with E-state index in [1.54, 1.807) is 12.4 Å². The maximum absolute atomic E-state index is 4.98. The second kappa shape index (κ2) is 7.39. The summed E-state index contributed by atoms with van der Waals surface area (Å²) in [6, 6.07) is 31.4. The molecule has 5 nitrogen and oxygen atoms in total. The number of pyridine rings is 1. The molecular formula is C29H19N5. The van der Waals surface area contributed by atoms with Gasteiger partial charge in [-0.05, 0) is 42.5 Å². The third-order valence-electron chi connectivity index (χ3n) is 6.31. The molecule has 0 saturated heterocycles. The number of rotatable bonds is 3. The van der Waals surface area contributed by atoms with E-state index >= 15 is 0 Å². The maximum Gasteiger partial charge on any atom is 0.163 e. The first kappa shape index (κ1) is 18.8. The monoisotopic (exact) mass is 437 g/mol. The number of hydrogen-bond donors (Lipinski definition) is 0. The van der Waals surface area contributed by atoms with Gasteiger partial charge in [-0.15, -0.1) is 0 Å². The average molecular weight is 438 g/mol. The van der Waals surface area contributed by atoms with Crippen LogP contribution in [0.1, 0.15) is 0 Å². The van der Waals surface area contributed by atoms with Crippen molar-refractivity contribution in [2.45, 2.75) is 0 Å². The molecule has 7 rings (SSSR count). The molecule has 3 aromatic carbocycles. The molecule has 0 aliphatic carbocycles. The normalized spacial score (nSPS) is 11.5. The van der Waals surface area contributed by atoms with Crippen molar-refractivity contribution in [2.75, 3.05) is 0 Å². The van der Waals surface area contributed by atoms with E-state index in [-0.39, 0.29) is 0 Å². The summed E-state index contributed by atoms with van der Waals surface area (Å²) in [6.45, 7) is 0. The minimum absolute atomic E-state index is 0.655. The van der Waals surface area contributed by atoms with E-state index in [9.17, 15) is 0 Å². The van der Waals surface area contributed by atoms with Gasteiger partial charge in [0.15, 0.2) is 5.82 Å². The highest BCUT2D eigenvalue weighted by Gasteiger charge is 2.18. The highest BCUT2D eigenvalue weighted by atomic mass is 15.1. The van der Waals surface area contributed by atoms with E-state index in [1.807, 2.05) is 30.5 Å². The summed E-state index contributed by atoms with van der Waals surface area (Å²) in [6.07, 6.45) is 7.52. The molecule has 5 heteroatoms. The van der Waals surface area contributed by atoms with Crippen LogP contribution in [0.2, 0.25) is 0 Å². The van der Waals surface area contributed by atoms with Crippen LogP contribution in [-0.2, 0) is 0 Å². The quantitative estimate of drug-likeness (QED) is 0.314. The van der Waals surface area contributed by atoms with Crippen LogP contribution in [0.4, 0.5) is 0 Å². The first-order valence-electron chi connectivity index (χ1n) is 11.2. The number of hydrogen-bond acceptors (Lipinski definition) is 3. The van der Waals surface area contributed by atoms with Crippen LogP contribution in [0, 0.1) is 0 Å². The van der Waals surface area contributed by atoms with Crippen molar-refractivity contribution in [2.24, 2.45) is 0 Å². The maximum atomic E-state index is 4.98. The molecule has 0 atom stereocenters. The van der Waals surface area contributed by atoms with Gasteiger partial charge in [0, 0.05) is 52.2 Å². The molecule has 0 bridgehead atoms. The Balaban J connectivity index is 1.61. The molecule has 160 valence electrons. The first-order chi connectivity index (χ1) is 16.9. The summed E-state index contributed by atoms with van der Waals surface area (Å²) >= 11 is 0. The fraction of sp³-hybridized carbons (Fsp3) is 0. The van der Waals surface area contributed by atoms with E-state index in [0.717, 1.165) is 33.6 Å². The Morgan fingerprint density at radius 2 is 1.53 bits per heavy atom. The van der Waals surface area contributed by atoms with E-state index < -0.39 is 0 Å². The zero-order valence-corrected chi connectivity index (χ0v) is 18.2. The second-order valence-corrected chi connectivity index (χ2v) is 8.25. The molecule has 0 N–H and O–H groups in total. The number of aromatic nitrogens is 5. The smallest absolute Gasteiger partial charge is 0.163 e. The van der Waals surface area contributed by atoms with Gasteiger partial charge in [0.05, 0.1) is 16.6 Å². The molecule has 0 spiro atoms. The molecule has 0 fully saturated rings.